The smallest absolute Gasteiger partial charge is 0.254 e. The van der Waals surface area contributed by atoms with Crippen molar-refractivity contribution in [3.63, 3.8) is 0 Å². The molecule has 1 aromatic carbocycles. The predicted molar refractivity (Wildman–Crippen MR) is 75.1 cm³/mol. The summed E-state index contributed by atoms with van der Waals surface area (Å²) in [6.45, 7) is 0.300. The summed E-state index contributed by atoms with van der Waals surface area (Å²) in [5, 5.41) is 14.5. The van der Waals surface area contributed by atoms with Crippen LogP contribution in [0.3, 0.4) is 0 Å². The quantitative estimate of drug-likeness (QED) is 0.753. The summed E-state index contributed by atoms with van der Waals surface area (Å²) in [6.07, 6.45) is 2.09. The first-order valence-corrected chi connectivity index (χ1v) is 7.03. The molecule has 1 fully saturated rings. The van der Waals surface area contributed by atoms with E-state index in [0.29, 0.717) is 13.0 Å². The Bertz CT molecular complexity index is 521. The third kappa shape index (κ3) is 4.53. The number of hydrogen-bond acceptors (Lipinski definition) is 3. The topological polar surface area (TPSA) is 78.4 Å². The molecule has 2 rings (SSSR count). The van der Waals surface area contributed by atoms with Gasteiger partial charge in [-0.25, -0.2) is 4.39 Å². The van der Waals surface area contributed by atoms with E-state index in [2.05, 4.69) is 10.6 Å². The Kier molecular flexibility index (Phi) is 5.27. The number of nitrogens with one attached hydrogen (secondary N) is 2. The Morgan fingerprint density at radius 2 is 2.00 bits per heavy atom. The summed E-state index contributed by atoms with van der Waals surface area (Å²) in [5.74, 6) is -1.26. The molecule has 1 aliphatic carbocycles. The third-order valence-corrected chi connectivity index (χ3v) is 3.63. The molecular formula is C15H19FN2O3. The molecule has 5 nitrogen and oxygen atoms in total. The molecule has 21 heavy (non-hydrogen) atoms. The van der Waals surface area contributed by atoms with Gasteiger partial charge in [-0.05, 0) is 37.3 Å². The van der Waals surface area contributed by atoms with Crippen LogP contribution in [0.4, 0.5) is 4.39 Å². The van der Waals surface area contributed by atoms with Crippen LogP contribution in [0.25, 0.3) is 0 Å². The van der Waals surface area contributed by atoms with Gasteiger partial charge in [0.25, 0.3) is 5.91 Å². The molecular weight excluding hydrogens is 275 g/mol. The van der Waals surface area contributed by atoms with E-state index in [-0.39, 0.29) is 30.0 Å². The van der Waals surface area contributed by atoms with Crippen LogP contribution in [-0.4, -0.2) is 36.1 Å². The van der Waals surface area contributed by atoms with Gasteiger partial charge in [-0.15, -0.1) is 0 Å². The lowest BCUT2D eigenvalue weighted by molar-refractivity contribution is -0.120. The SMILES string of the molecule is O=C(CNC(=O)c1ccccc1F)NCC1CCC(O)C1. The zero-order valence-electron chi connectivity index (χ0n) is 11.6. The number of aliphatic hydroxyl groups is 1. The second kappa shape index (κ2) is 7.17. The molecule has 0 aromatic heterocycles. The van der Waals surface area contributed by atoms with E-state index in [1.165, 1.54) is 18.2 Å². The van der Waals surface area contributed by atoms with Crippen LogP contribution >= 0.6 is 0 Å². The fourth-order valence-corrected chi connectivity index (χ4v) is 2.46. The molecule has 0 aliphatic heterocycles. The van der Waals surface area contributed by atoms with E-state index in [9.17, 15) is 19.1 Å². The van der Waals surface area contributed by atoms with Crippen LogP contribution in [0.2, 0.25) is 0 Å². The van der Waals surface area contributed by atoms with Gasteiger partial charge in [-0.3, -0.25) is 9.59 Å². The Balaban J connectivity index is 1.71. The fourth-order valence-electron chi connectivity index (χ4n) is 2.46. The van der Waals surface area contributed by atoms with Gasteiger partial charge in [-0.1, -0.05) is 12.1 Å². The molecule has 2 atom stereocenters. The third-order valence-electron chi connectivity index (χ3n) is 3.63. The van der Waals surface area contributed by atoms with E-state index in [4.69, 9.17) is 0 Å². The van der Waals surface area contributed by atoms with Crippen molar-refractivity contribution in [2.24, 2.45) is 5.92 Å². The van der Waals surface area contributed by atoms with Crippen molar-refractivity contribution in [1.82, 2.24) is 10.6 Å². The highest BCUT2D eigenvalue weighted by molar-refractivity contribution is 5.96. The maximum absolute atomic E-state index is 13.4. The average Bonchev–Trinajstić information content (AvgIpc) is 2.89. The van der Waals surface area contributed by atoms with Crippen molar-refractivity contribution in [2.45, 2.75) is 25.4 Å². The minimum atomic E-state index is -0.615. The molecule has 0 saturated heterocycles. The summed E-state index contributed by atoms with van der Waals surface area (Å²) in [7, 11) is 0. The van der Waals surface area contributed by atoms with Gasteiger partial charge >= 0.3 is 0 Å². The summed E-state index contributed by atoms with van der Waals surface area (Å²) < 4.78 is 13.4. The molecule has 6 heteroatoms. The first kappa shape index (κ1) is 15.4. The summed E-state index contributed by atoms with van der Waals surface area (Å²) >= 11 is 0. The predicted octanol–water partition coefficient (Wildman–Crippen LogP) is 0.833. The molecule has 0 radical (unpaired) electrons. The van der Waals surface area contributed by atoms with E-state index in [0.717, 1.165) is 12.8 Å². The van der Waals surface area contributed by atoms with Gasteiger partial charge in [0.2, 0.25) is 5.91 Å². The van der Waals surface area contributed by atoms with E-state index in [1.54, 1.807) is 6.07 Å². The van der Waals surface area contributed by atoms with Crippen molar-refractivity contribution >= 4 is 11.8 Å². The van der Waals surface area contributed by atoms with Gasteiger partial charge in [0, 0.05) is 6.54 Å². The highest BCUT2D eigenvalue weighted by Gasteiger charge is 2.23. The van der Waals surface area contributed by atoms with Crippen molar-refractivity contribution in [3.05, 3.63) is 35.6 Å². The molecule has 1 saturated carbocycles. The second-order valence-corrected chi connectivity index (χ2v) is 5.30. The van der Waals surface area contributed by atoms with Crippen molar-refractivity contribution < 1.29 is 19.1 Å². The average molecular weight is 294 g/mol. The van der Waals surface area contributed by atoms with Gasteiger partial charge < -0.3 is 15.7 Å². The minimum Gasteiger partial charge on any atom is -0.393 e. The maximum atomic E-state index is 13.4. The molecule has 0 heterocycles. The van der Waals surface area contributed by atoms with Gasteiger partial charge in [0.1, 0.15) is 5.82 Å². The largest absolute Gasteiger partial charge is 0.393 e. The fraction of sp³-hybridized carbons (Fsp3) is 0.467. The lowest BCUT2D eigenvalue weighted by Gasteiger charge is -2.11. The van der Waals surface area contributed by atoms with Crippen molar-refractivity contribution in [3.8, 4) is 0 Å². The Morgan fingerprint density at radius 1 is 1.24 bits per heavy atom. The van der Waals surface area contributed by atoms with Gasteiger partial charge in [-0.2, -0.15) is 0 Å². The lowest BCUT2D eigenvalue weighted by atomic mass is 10.1. The first-order valence-electron chi connectivity index (χ1n) is 7.03. The number of carbonyl (C=O) groups excluding carboxylic acids is 2. The number of carbonyl (C=O) groups is 2. The first-order chi connectivity index (χ1) is 10.1. The number of benzene rings is 1. The van der Waals surface area contributed by atoms with E-state index < -0.39 is 11.7 Å². The Labute approximate surface area is 122 Å². The molecule has 2 unspecified atom stereocenters. The van der Waals surface area contributed by atoms with Crippen LogP contribution in [0.15, 0.2) is 24.3 Å². The van der Waals surface area contributed by atoms with Crippen molar-refractivity contribution in [1.29, 1.82) is 0 Å². The second-order valence-electron chi connectivity index (χ2n) is 5.30. The van der Waals surface area contributed by atoms with Crippen LogP contribution < -0.4 is 10.6 Å². The van der Waals surface area contributed by atoms with E-state index >= 15 is 0 Å². The molecule has 3 N–H and O–H groups in total. The highest BCUT2D eigenvalue weighted by Crippen LogP contribution is 2.24. The van der Waals surface area contributed by atoms with Crippen LogP contribution in [0.5, 0.6) is 0 Å². The molecule has 1 aromatic rings. The summed E-state index contributed by atoms with van der Waals surface area (Å²) in [4.78, 5) is 23.3. The maximum Gasteiger partial charge on any atom is 0.254 e. The monoisotopic (exact) mass is 294 g/mol. The van der Waals surface area contributed by atoms with Crippen LogP contribution in [0.1, 0.15) is 29.6 Å². The molecule has 1 aliphatic rings. The Morgan fingerprint density at radius 3 is 2.67 bits per heavy atom. The number of rotatable bonds is 5. The highest BCUT2D eigenvalue weighted by atomic mass is 19.1. The molecule has 2 amide bonds. The lowest BCUT2D eigenvalue weighted by Crippen LogP contribution is -2.38. The van der Waals surface area contributed by atoms with Crippen LogP contribution in [0, 0.1) is 11.7 Å². The number of aliphatic hydroxyl groups excluding tert-OH is 1. The van der Waals surface area contributed by atoms with Gasteiger partial charge in [0.05, 0.1) is 18.2 Å². The van der Waals surface area contributed by atoms with Crippen molar-refractivity contribution in [2.75, 3.05) is 13.1 Å². The molecule has 0 bridgehead atoms. The number of hydrogen-bond donors (Lipinski definition) is 3. The standard InChI is InChI=1S/C15H19FN2O3/c16-13-4-2-1-3-12(13)15(21)18-9-14(20)17-8-10-5-6-11(19)7-10/h1-4,10-11,19H,5-9H2,(H,17,20)(H,18,21). The normalized spacial score (nSPS) is 21.0. The summed E-state index contributed by atoms with van der Waals surface area (Å²) in [6, 6.07) is 5.61. The van der Waals surface area contributed by atoms with E-state index in [1.807, 2.05) is 0 Å². The zero-order valence-corrected chi connectivity index (χ0v) is 11.6. The Hall–Kier alpha value is -1.95. The molecule has 0 spiro atoms. The van der Waals surface area contributed by atoms with Crippen LogP contribution in [-0.2, 0) is 4.79 Å². The number of halogens is 1. The summed E-state index contributed by atoms with van der Waals surface area (Å²) in [5.41, 5.74) is -0.0794. The minimum absolute atomic E-state index is 0.0794. The zero-order chi connectivity index (χ0) is 15.2. The van der Waals surface area contributed by atoms with Gasteiger partial charge in [0.15, 0.2) is 0 Å². The molecule has 114 valence electrons. The number of amides is 2.